The molecule has 0 bridgehead atoms. The van der Waals surface area contributed by atoms with E-state index in [0.717, 1.165) is 12.1 Å². The molecule has 1 aromatic rings. The van der Waals surface area contributed by atoms with Crippen LogP contribution in [0.25, 0.3) is 0 Å². The van der Waals surface area contributed by atoms with Crippen LogP contribution in [0.2, 0.25) is 0 Å². The first-order valence-electron chi connectivity index (χ1n) is 6.52. The molecule has 0 aliphatic heterocycles. The second kappa shape index (κ2) is 5.61. The number of nitrogens with two attached hydrogens (primary N) is 1. The van der Waals surface area contributed by atoms with Crippen molar-refractivity contribution in [3.8, 4) is 0 Å². The lowest BCUT2D eigenvalue weighted by Crippen LogP contribution is -2.45. The third kappa shape index (κ3) is 5.30. The lowest BCUT2D eigenvalue weighted by molar-refractivity contribution is 0.0891. The van der Waals surface area contributed by atoms with Gasteiger partial charge in [-0.15, -0.1) is 0 Å². The maximum atomic E-state index is 12.2. The molecule has 0 fully saturated rings. The summed E-state index contributed by atoms with van der Waals surface area (Å²) in [6.45, 7) is 10.6. The fourth-order valence-electron chi connectivity index (χ4n) is 2.47. The van der Waals surface area contributed by atoms with E-state index < -0.39 is 0 Å². The second-order valence-corrected chi connectivity index (χ2v) is 6.80. The molecule has 4 nitrogen and oxygen atoms in total. The van der Waals surface area contributed by atoms with E-state index in [-0.39, 0.29) is 16.9 Å². The number of hydrogen-bond acceptors (Lipinski definition) is 3. The Balaban J connectivity index is 2.72. The van der Waals surface area contributed by atoms with Crippen LogP contribution in [0.15, 0.2) is 24.3 Å². The Kier molecular flexibility index (Phi) is 4.58. The third-order valence-corrected chi connectivity index (χ3v) is 2.74. The number of hydrogen-bond donors (Lipinski definition) is 3. The fraction of sp³-hybridized carbons (Fsp3) is 0.533. The third-order valence-electron chi connectivity index (χ3n) is 2.74. The molecule has 0 aromatic heterocycles. The van der Waals surface area contributed by atoms with Gasteiger partial charge in [-0.3, -0.25) is 10.6 Å². The van der Waals surface area contributed by atoms with Crippen molar-refractivity contribution in [1.29, 1.82) is 0 Å². The number of amides is 1. The molecular weight excluding hydrogens is 238 g/mol. The van der Waals surface area contributed by atoms with Crippen LogP contribution in [0, 0.1) is 5.41 Å². The summed E-state index contributed by atoms with van der Waals surface area (Å²) in [5.74, 6) is 5.24. The van der Waals surface area contributed by atoms with Gasteiger partial charge >= 0.3 is 0 Å². The minimum absolute atomic E-state index is 0.0576. The van der Waals surface area contributed by atoms with E-state index in [1.807, 2.05) is 13.8 Å². The van der Waals surface area contributed by atoms with E-state index >= 15 is 0 Å². The predicted molar refractivity (Wildman–Crippen MR) is 79.9 cm³/mol. The average Bonchev–Trinajstić information content (AvgIpc) is 2.25. The van der Waals surface area contributed by atoms with Crippen LogP contribution in [0.1, 0.15) is 51.4 Å². The minimum Gasteiger partial charge on any atom is -0.347 e. The highest BCUT2D eigenvalue weighted by Crippen LogP contribution is 2.27. The summed E-state index contributed by atoms with van der Waals surface area (Å²) in [4.78, 5) is 12.2. The molecule has 1 rings (SSSR count). The number of carbonyl (C=O) groups is 1. The molecule has 0 aliphatic rings. The van der Waals surface area contributed by atoms with E-state index in [0.29, 0.717) is 5.56 Å². The Bertz CT molecular complexity index is 430. The van der Waals surface area contributed by atoms with Crippen molar-refractivity contribution in [2.45, 2.75) is 46.6 Å². The van der Waals surface area contributed by atoms with Gasteiger partial charge in [0.2, 0.25) is 0 Å². The number of benzene rings is 1. The second-order valence-electron chi connectivity index (χ2n) is 6.80. The fourth-order valence-corrected chi connectivity index (χ4v) is 2.47. The van der Waals surface area contributed by atoms with Gasteiger partial charge in [0, 0.05) is 16.8 Å². The van der Waals surface area contributed by atoms with Crippen molar-refractivity contribution >= 4 is 11.6 Å². The predicted octanol–water partition coefficient (Wildman–Crippen LogP) is 2.92. The molecule has 0 radical (unpaired) electrons. The molecule has 0 aliphatic carbocycles. The molecule has 106 valence electrons. The maximum absolute atomic E-state index is 12.2. The van der Waals surface area contributed by atoms with Gasteiger partial charge in [-0.05, 0) is 49.9 Å². The van der Waals surface area contributed by atoms with Gasteiger partial charge < -0.3 is 10.7 Å². The first-order chi connectivity index (χ1) is 8.63. The lowest BCUT2D eigenvalue weighted by atomic mass is 9.81. The Morgan fingerprint density at radius 3 is 2.05 bits per heavy atom. The number of anilines is 1. The van der Waals surface area contributed by atoms with Crippen LogP contribution in [-0.4, -0.2) is 11.4 Å². The first kappa shape index (κ1) is 15.5. The number of carbonyl (C=O) groups excluding carboxylic acids is 1. The number of nitrogens with one attached hydrogen (secondary N) is 2. The molecule has 0 unspecified atom stereocenters. The summed E-state index contributed by atoms with van der Waals surface area (Å²) in [7, 11) is 0. The van der Waals surface area contributed by atoms with Gasteiger partial charge in [-0.2, -0.15) is 0 Å². The van der Waals surface area contributed by atoms with Crippen molar-refractivity contribution in [2.75, 3.05) is 5.43 Å². The van der Waals surface area contributed by atoms with Crippen molar-refractivity contribution in [3.63, 3.8) is 0 Å². The van der Waals surface area contributed by atoms with Crippen molar-refractivity contribution < 1.29 is 4.79 Å². The molecule has 4 heteroatoms. The Hall–Kier alpha value is -1.55. The molecule has 0 saturated carbocycles. The van der Waals surface area contributed by atoms with Gasteiger partial charge in [0.05, 0.1) is 0 Å². The van der Waals surface area contributed by atoms with E-state index in [9.17, 15) is 4.79 Å². The molecule has 4 N–H and O–H groups in total. The normalized spacial score (nSPS) is 12.1. The standard InChI is InChI=1S/C15H25N3O/c1-14(2,3)10-15(4,5)17-13(19)11-6-8-12(18-16)9-7-11/h6-9,18H,10,16H2,1-5H3,(H,17,19). The van der Waals surface area contributed by atoms with Crippen LogP contribution in [0.4, 0.5) is 5.69 Å². The van der Waals surface area contributed by atoms with Gasteiger partial charge in [0.1, 0.15) is 0 Å². The van der Waals surface area contributed by atoms with Crippen LogP contribution >= 0.6 is 0 Å². The smallest absolute Gasteiger partial charge is 0.251 e. The minimum atomic E-state index is -0.236. The number of hydrazine groups is 1. The van der Waals surface area contributed by atoms with E-state index in [1.54, 1.807) is 24.3 Å². The highest BCUT2D eigenvalue weighted by Gasteiger charge is 2.27. The molecule has 1 amide bonds. The quantitative estimate of drug-likeness (QED) is 0.578. The Morgan fingerprint density at radius 1 is 1.11 bits per heavy atom. The monoisotopic (exact) mass is 263 g/mol. The largest absolute Gasteiger partial charge is 0.347 e. The molecule has 0 spiro atoms. The summed E-state index contributed by atoms with van der Waals surface area (Å²) < 4.78 is 0. The Morgan fingerprint density at radius 2 is 1.63 bits per heavy atom. The number of nitrogen functional groups attached to an aromatic ring is 1. The summed E-state index contributed by atoms with van der Waals surface area (Å²) in [5, 5.41) is 3.08. The molecule has 1 aromatic carbocycles. The molecular formula is C15H25N3O. The van der Waals surface area contributed by atoms with Crippen molar-refractivity contribution in [1.82, 2.24) is 5.32 Å². The van der Waals surface area contributed by atoms with E-state index in [4.69, 9.17) is 5.84 Å². The zero-order valence-corrected chi connectivity index (χ0v) is 12.5. The van der Waals surface area contributed by atoms with Crippen LogP contribution in [0.5, 0.6) is 0 Å². The highest BCUT2D eigenvalue weighted by molar-refractivity contribution is 5.94. The van der Waals surface area contributed by atoms with Gasteiger partial charge in [0.15, 0.2) is 0 Å². The van der Waals surface area contributed by atoms with Gasteiger partial charge in [-0.1, -0.05) is 20.8 Å². The van der Waals surface area contributed by atoms with Crippen LogP contribution in [0.3, 0.4) is 0 Å². The molecule has 0 heterocycles. The van der Waals surface area contributed by atoms with Crippen molar-refractivity contribution in [2.24, 2.45) is 11.3 Å². The van der Waals surface area contributed by atoms with Gasteiger partial charge in [-0.25, -0.2) is 0 Å². The first-order valence-corrected chi connectivity index (χ1v) is 6.52. The molecule has 19 heavy (non-hydrogen) atoms. The zero-order chi connectivity index (χ0) is 14.7. The van der Waals surface area contributed by atoms with Crippen molar-refractivity contribution in [3.05, 3.63) is 29.8 Å². The summed E-state index contributed by atoms with van der Waals surface area (Å²) in [6, 6.07) is 7.09. The lowest BCUT2D eigenvalue weighted by Gasteiger charge is -2.33. The van der Waals surface area contributed by atoms with E-state index in [1.165, 1.54) is 0 Å². The molecule has 0 saturated heterocycles. The van der Waals surface area contributed by atoms with E-state index in [2.05, 4.69) is 31.5 Å². The number of rotatable bonds is 4. The zero-order valence-electron chi connectivity index (χ0n) is 12.5. The average molecular weight is 263 g/mol. The summed E-state index contributed by atoms with van der Waals surface area (Å²) in [6.07, 6.45) is 0.911. The van der Waals surface area contributed by atoms with Gasteiger partial charge in [0.25, 0.3) is 5.91 Å². The summed E-state index contributed by atoms with van der Waals surface area (Å²) in [5.41, 5.74) is 3.90. The Labute approximate surface area is 115 Å². The van der Waals surface area contributed by atoms with Crippen LogP contribution < -0.4 is 16.6 Å². The molecule has 0 atom stereocenters. The van der Waals surface area contributed by atoms with Crippen LogP contribution in [-0.2, 0) is 0 Å². The highest BCUT2D eigenvalue weighted by atomic mass is 16.1. The SMILES string of the molecule is CC(C)(C)CC(C)(C)NC(=O)c1ccc(NN)cc1. The summed E-state index contributed by atoms with van der Waals surface area (Å²) >= 11 is 0. The maximum Gasteiger partial charge on any atom is 0.251 e. The topological polar surface area (TPSA) is 67.2 Å².